The summed E-state index contributed by atoms with van der Waals surface area (Å²) in [6.45, 7) is 13.7. The molecule has 5 atom stereocenters. The molecule has 0 heterocycles. The fourth-order valence-corrected chi connectivity index (χ4v) is 3.70. The highest BCUT2D eigenvalue weighted by molar-refractivity contribution is 5.88. The van der Waals surface area contributed by atoms with Gasteiger partial charge in [-0.15, -0.1) is 0 Å². The highest BCUT2D eigenvalue weighted by Gasteiger charge is 2.36. The van der Waals surface area contributed by atoms with Crippen molar-refractivity contribution in [2.45, 2.75) is 79.9 Å². The largest absolute Gasteiger partial charge is 0.393 e. The lowest BCUT2D eigenvalue weighted by Crippen LogP contribution is -2.52. The standard InChI is InChI=1S/C23H44N4O5/c1-12(2)8-16(17(21(25)30)10-19(24)29)18(28)9-15(7)22(31)27-20(14(5)6)23(32)26-11-13(3)4/h12-18,20,28H,8-11H2,1-7H3,(H2,24,29)(H2,25,30)(H,26,32)(H,27,31)/t15-,16+,17?,18+,20+/m1/s1. The Balaban J connectivity index is 5.33. The average molecular weight is 457 g/mol. The van der Waals surface area contributed by atoms with Gasteiger partial charge in [0.2, 0.25) is 23.6 Å². The minimum Gasteiger partial charge on any atom is -0.393 e. The van der Waals surface area contributed by atoms with Gasteiger partial charge in [-0.1, -0.05) is 48.5 Å². The second kappa shape index (κ2) is 14.1. The minimum atomic E-state index is -1.04. The normalized spacial score (nSPS) is 16.3. The predicted octanol–water partition coefficient (Wildman–Crippen LogP) is 0.926. The Kier molecular flexibility index (Phi) is 13.1. The fourth-order valence-electron chi connectivity index (χ4n) is 3.70. The maximum atomic E-state index is 12.8. The van der Waals surface area contributed by atoms with Crippen LogP contribution in [0, 0.1) is 35.5 Å². The molecule has 0 radical (unpaired) electrons. The monoisotopic (exact) mass is 456 g/mol. The molecule has 7 N–H and O–H groups in total. The molecule has 9 heteroatoms. The molecule has 186 valence electrons. The lowest BCUT2D eigenvalue weighted by Gasteiger charge is -2.31. The van der Waals surface area contributed by atoms with Crippen LogP contribution in [0.1, 0.15) is 67.7 Å². The molecule has 0 aliphatic rings. The summed E-state index contributed by atoms with van der Waals surface area (Å²) in [6.07, 6.45) is -0.787. The van der Waals surface area contributed by atoms with Gasteiger partial charge in [0.1, 0.15) is 6.04 Å². The van der Waals surface area contributed by atoms with Gasteiger partial charge in [-0.25, -0.2) is 0 Å². The van der Waals surface area contributed by atoms with Crippen molar-refractivity contribution in [3.63, 3.8) is 0 Å². The van der Waals surface area contributed by atoms with Gasteiger partial charge in [0.15, 0.2) is 0 Å². The molecular weight excluding hydrogens is 412 g/mol. The highest BCUT2D eigenvalue weighted by Crippen LogP contribution is 2.30. The molecule has 0 aromatic carbocycles. The average Bonchev–Trinajstić information content (AvgIpc) is 2.65. The molecule has 32 heavy (non-hydrogen) atoms. The fraction of sp³-hybridized carbons (Fsp3) is 0.826. The van der Waals surface area contributed by atoms with E-state index in [1.54, 1.807) is 6.92 Å². The van der Waals surface area contributed by atoms with Gasteiger partial charge in [0.25, 0.3) is 0 Å². The van der Waals surface area contributed by atoms with Crippen molar-refractivity contribution >= 4 is 23.6 Å². The summed E-state index contributed by atoms with van der Waals surface area (Å²) in [5.41, 5.74) is 10.8. The molecule has 4 amide bonds. The number of carbonyl (C=O) groups is 4. The zero-order valence-corrected chi connectivity index (χ0v) is 20.7. The van der Waals surface area contributed by atoms with Crippen LogP contribution < -0.4 is 22.1 Å². The maximum absolute atomic E-state index is 12.8. The van der Waals surface area contributed by atoms with Gasteiger partial charge in [-0.2, -0.15) is 0 Å². The Bertz CT molecular complexity index is 636. The Morgan fingerprint density at radius 1 is 0.844 bits per heavy atom. The van der Waals surface area contributed by atoms with Gasteiger partial charge in [0, 0.05) is 18.9 Å². The molecule has 0 saturated heterocycles. The lowest BCUT2D eigenvalue weighted by molar-refractivity contribution is -0.134. The van der Waals surface area contributed by atoms with Crippen molar-refractivity contribution in [1.29, 1.82) is 0 Å². The van der Waals surface area contributed by atoms with E-state index < -0.39 is 41.7 Å². The second-order valence-electron chi connectivity index (χ2n) is 10.0. The zero-order chi connectivity index (χ0) is 25.2. The Hall–Kier alpha value is -2.16. The van der Waals surface area contributed by atoms with Crippen molar-refractivity contribution in [1.82, 2.24) is 10.6 Å². The molecule has 9 nitrogen and oxygen atoms in total. The Morgan fingerprint density at radius 3 is 1.81 bits per heavy atom. The van der Waals surface area contributed by atoms with Gasteiger partial charge >= 0.3 is 0 Å². The van der Waals surface area contributed by atoms with Gasteiger partial charge < -0.3 is 27.2 Å². The highest BCUT2D eigenvalue weighted by atomic mass is 16.3. The molecule has 0 fully saturated rings. The third kappa shape index (κ3) is 10.9. The number of hydrogen-bond acceptors (Lipinski definition) is 5. The first kappa shape index (κ1) is 29.8. The molecule has 0 aromatic heterocycles. The summed E-state index contributed by atoms with van der Waals surface area (Å²) in [6, 6.07) is -0.694. The number of nitrogens with one attached hydrogen (secondary N) is 2. The predicted molar refractivity (Wildman–Crippen MR) is 124 cm³/mol. The van der Waals surface area contributed by atoms with Crippen LogP contribution in [0.2, 0.25) is 0 Å². The second-order valence-corrected chi connectivity index (χ2v) is 10.0. The van der Waals surface area contributed by atoms with Crippen molar-refractivity contribution in [3.8, 4) is 0 Å². The van der Waals surface area contributed by atoms with E-state index in [2.05, 4.69) is 10.6 Å². The summed E-state index contributed by atoms with van der Waals surface area (Å²) < 4.78 is 0. The molecule has 0 aliphatic heterocycles. The molecule has 0 bridgehead atoms. The van der Waals surface area contributed by atoms with E-state index in [1.165, 1.54) is 0 Å². The number of amides is 4. The van der Waals surface area contributed by atoms with E-state index in [0.717, 1.165) is 0 Å². The van der Waals surface area contributed by atoms with Crippen molar-refractivity contribution in [3.05, 3.63) is 0 Å². The van der Waals surface area contributed by atoms with Gasteiger partial charge in [-0.3, -0.25) is 19.2 Å². The van der Waals surface area contributed by atoms with Crippen molar-refractivity contribution < 1.29 is 24.3 Å². The van der Waals surface area contributed by atoms with E-state index in [0.29, 0.717) is 13.0 Å². The van der Waals surface area contributed by atoms with Crippen LogP contribution in [0.3, 0.4) is 0 Å². The van der Waals surface area contributed by atoms with E-state index >= 15 is 0 Å². The molecule has 0 spiro atoms. The van der Waals surface area contributed by atoms with Crippen LogP contribution in [-0.2, 0) is 19.2 Å². The maximum Gasteiger partial charge on any atom is 0.242 e. The SMILES string of the molecule is CC(C)CNC(=O)[C@@H](NC(=O)[C@H](C)C[C@H](O)[C@@H](CC(C)C)C(CC(N)=O)C(N)=O)C(C)C. The van der Waals surface area contributed by atoms with E-state index in [1.807, 2.05) is 41.5 Å². The van der Waals surface area contributed by atoms with E-state index in [4.69, 9.17) is 11.5 Å². The lowest BCUT2D eigenvalue weighted by atomic mass is 9.77. The van der Waals surface area contributed by atoms with E-state index in [-0.39, 0.29) is 42.4 Å². The Morgan fingerprint density at radius 2 is 1.41 bits per heavy atom. The van der Waals surface area contributed by atoms with Gasteiger partial charge in [-0.05, 0) is 36.5 Å². The summed E-state index contributed by atoms with van der Waals surface area (Å²) >= 11 is 0. The molecule has 0 aromatic rings. The van der Waals surface area contributed by atoms with Crippen LogP contribution >= 0.6 is 0 Å². The van der Waals surface area contributed by atoms with Crippen LogP contribution in [0.25, 0.3) is 0 Å². The third-order valence-corrected chi connectivity index (χ3v) is 5.52. The molecule has 0 rings (SSSR count). The van der Waals surface area contributed by atoms with Gasteiger partial charge in [0.05, 0.1) is 12.0 Å². The molecule has 1 unspecified atom stereocenters. The summed E-state index contributed by atoms with van der Waals surface area (Å²) in [7, 11) is 0. The quantitative estimate of drug-likeness (QED) is 0.247. The third-order valence-electron chi connectivity index (χ3n) is 5.52. The number of nitrogens with two attached hydrogens (primary N) is 2. The zero-order valence-electron chi connectivity index (χ0n) is 20.7. The molecule has 0 saturated carbocycles. The topological polar surface area (TPSA) is 165 Å². The Labute approximate surface area is 192 Å². The number of primary amides is 2. The number of aliphatic hydroxyl groups is 1. The molecular formula is C23H44N4O5. The molecule has 0 aliphatic carbocycles. The number of hydrogen-bond donors (Lipinski definition) is 5. The van der Waals surface area contributed by atoms with Crippen LogP contribution in [0.15, 0.2) is 0 Å². The van der Waals surface area contributed by atoms with Crippen molar-refractivity contribution in [2.75, 3.05) is 6.54 Å². The van der Waals surface area contributed by atoms with Crippen LogP contribution in [0.4, 0.5) is 0 Å². The summed E-state index contributed by atoms with van der Waals surface area (Å²) in [5.74, 6) is -3.83. The van der Waals surface area contributed by atoms with E-state index in [9.17, 15) is 24.3 Å². The number of carbonyl (C=O) groups excluding carboxylic acids is 4. The number of aliphatic hydroxyl groups excluding tert-OH is 1. The summed E-state index contributed by atoms with van der Waals surface area (Å²) in [4.78, 5) is 48.7. The first-order valence-electron chi connectivity index (χ1n) is 11.5. The minimum absolute atomic E-state index is 0.0597. The number of rotatable bonds is 15. The summed E-state index contributed by atoms with van der Waals surface area (Å²) in [5, 5.41) is 16.5. The first-order chi connectivity index (χ1) is 14.7. The smallest absolute Gasteiger partial charge is 0.242 e. The van der Waals surface area contributed by atoms with Crippen molar-refractivity contribution in [2.24, 2.45) is 47.0 Å². The van der Waals surface area contributed by atoms with Crippen LogP contribution in [-0.4, -0.2) is 47.4 Å². The first-order valence-corrected chi connectivity index (χ1v) is 11.5. The van der Waals surface area contributed by atoms with Crippen LogP contribution in [0.5, 0.6) is 0 Å².